The number of carbonyl (C=O) groups is 1. The van der Waals surface area contributed by atoms with Crippen molar-refractivity contribution in [1.82, 2.24) is 10.6 Å². The van der Waals surface area contributed by atoms with Gasteiger partial charge in [0.05, 0.1) is 6.04 Å². The van der Waals surface area contributed by atoms with Crippen molar-refractivity contribution in [3.8, 4) is 0 Å². The van der Waals surface area contributed by atoms with E-state index in [1.165, 1.54) is 11.1 Å². The lowest BCUT2D eigenvalue weighted by Crippen LogP contribution is -2.50. The maximum atomic E-state index is 12.2. The number of fused-ring (bicyclic) bond motifs is 1. The van der Waals surface area contributed by atoms with Gasteiger partial charge in [-0.05, 0) is 30.4 Å². The van der Waals surface area contributed by atoms with Crippen LogP contribution in [0.25, 0.3) is 0 Å². The Kier molecular flexibility index (Phi) is 4.37. The standard InChI is InChI=1S/C15H22N2O/c1-3-13(4-2)17-15(18)14-9-11-7-5-6-8-12(11)10-16-14/h5-8,13-14,16H,3-4,9-10H2,1-2H3,(H,17,18). The van der Waals surface area contributed by atoms with Crippen LogP contribution in [0.2, 0.25) is 0 Å². The van der Waals surface area contributed by atoms with Gasteiger partial charge in [0.15, 0.2) is 0 Å². The van der Waals surface area contributed by atoms with E-state index in [2.05, 4.69) is 36.6 Å². The Bertz CT molecular complexity index is 413. The molecule has 1 aromatic carbocycles. The van der Waals surface area contributed by atoms with Crippen molar-refractivity contribution in [3.63, 3.8) is 0 Å². The number of hydrogen-bond acceptors (Lipinski definition) is 2. The molecule has 3 nitrogen and oxygen atoms in total. The second-order valence-electron chi connectivity index (χ2n) is 4.93. The summed E-state index contributed by atoms with van der Waals surface area (Å²) in [5, 5.41) is 6.43. The molecule has 1 amide bonds. The highest BCUT2D eigenvalue weighted by Crippen LogP contribution is 2.16. The van der Waals surface area contributed by atoms with Crippen molar-refractivity contribution in [2.45, 2.75) is 51.7 Å². The van der Waals surface area contributed by atoms with Gasteiger partial charge in [-0.1, -0.05) is 38.1 Å². The Hall–Kier alpha value is -1.35. The number of rotatable bonds is 4. The van der Waals surface area contributed by atoms with E-state index in [0.717, 1.165) is 25.8 Å². The summed E-state index contributed by atoms with van der Waals surface area (Å²) < 4.78 is 0. The first-order valence-corrected chi connectivity index (χ1v) is 6.85. The normalized spacial score (nSPS) is 18.5. The lowest BCUT2D eigenvalue weighted by molar-refractivity contribution is -0.124. The summed E-state index contributed by atoms with van der Waals surface area (Å²) in [4.78, 5) is 12.2. The largest absolute Gasteiger partial charge is 0.352 e. The topological polar surface area (TPSA) is 41.1 Å². The van der Waals surface area contributed by atoms with Crippen molar-refractivity contribution in [1.29, 1.82) is 0 Å². The van der Waals surface area contributed by atoms with Gasteiger partial charge >= 0.3 is 0 Å². The summed E-state index contributed by atoms with van der Waals surface area (Å²) in [6, 6.07) is 8.55. The summed E-state index contributed by atoms with van der Waals surface area (Å²) >= 11 is 0. The van der Waals surface area contributed by atoms with Gasteiger partial charge < -0.3 is 10.6 Å². The fourth-order valence-corrected chi connectivity index (χ4v) is 2.43. The number of amides is 1. The average Bonchev–Trinajstić information content (AvgIpc) is 2.44. The maximum absolute atomic E-state index is 12.2. The molecule has 2 rings (SSSR count). The van der Waals surface area contributed by atoms with E-state index in [1.54, 1.807) is 0 Å². The molecule has 0 aromatic heterocycles. The van der Waals surface area contributed by atoms with Gasteiger partial charge in [0.25, 0.3) is 0 Å². The minimum Gasteiger partial charge on any atom is -0.352 e. The lowest BCUT2D eigenvalue weighted by atomic mass is 9.95. The average molecular weight is 246 g/mol. The van der Waals surface area contributed by atoms with Gasteiger partial charge in [-0.25, -0.2) is 0 Å². The molecule has 0 spiro atoms. The van der Waals surface area contributed by atoms with Gasteiger partial charge in [-0.2, -0.15) is 0 Å². The van der Waals surface area contributed by atoms with Crippen molar-refractivity contribution >= 4 is 5.91 Å². The fourth-order valence-electron chi connectivity index (χ4n) is 2.43. The SMILES string of the molecule is CCC(CC)NC(=O)C1Cc2ccccc2CN1. The van der Waals surface area contributed by atoms with Crippen molar-refractivity contribution in [3.05, 3.63) is 35.4 Å². The Morgan fingerprint density at radius 1 is 1.33 bits per heavy atom. The third kappa shape index (κ3) is 2.91. The molecule has 1 aliphatic heterocycles. The molecule has 0 aliphatic carbocycles. The fraction of sp³-hybridized carbons (Fsp3) is 0.533. The first-order valence-electron chi connectivity index (χ1n) is 6.85. The lowest BCUT2D eigenvalue weighted by Gasteiger charge is -2.27. The van der Waals surface area contributed by atoms with Gasteiger partial charge in [-0.15, -0.1) is 0 Å². The third-order valence-electron chi connectivity index (χ3n) is 3.73. The second-order valence-corrected chi connectivity index (χ2v) is 4.93. The molecule has 1 unspecified atom stereocenters. The monoisotopic (exact) mass is 246 g/mol. The van der Waals surface area contributed by atoms with Crippen LogP contribution in [0.15, 0.2) is 24.3 Å². The van der Waals surface area contributed by atoms with E-state index in [-0.39, 0.29) is 11.9 Å². The first-order chi connectivity index (χ1) is 8.74. The summed E-state index contributed by atoms with van der Waals surface area (Å²) in [6.45, 7) is 5.01. The molecule has 1 atom stereocenters. The number of nitrogens with one attached hydrogen (secondary N) is 2. The molecule has 0 bridgehead atoms. The molecule has 3 heteroatoms. The van der Waals surface area contributed by atoms with Crippen molar-refractivity contribution < 1.29 is 4.79 Å². The van der Waals surface area contributed by atoms with E-state index in [1.807, 2.05) is 12.1 Å². The zero-order chi connectivity index (χ0) is 13.0. The zero-order valence-electron chi connectivity index (χ0n) is 11.2. The summed E-state index contributed by atoms with van der Waals surface area (Å²) in [5.74, 6) is 0.137. The van der Waals surface area contributed by atoms with Gasteiger partial charge in [0.1, 0.15) is 0 Å². The zero-order valence-corrected chi connectivity index (χ0v) is 11.2. The van der Waals surface area contributed by atoms with Crippen LogP contribution in [0.5, 0.6) is 0 Å². The summed E-state index contributed by atoms with van der Waals surface area (Å²) in [5.41, 5.74) is 2.60. The Morgan fingerprint density at radius 3 is 2.67 bits per heavy atom. The van der Waals surface area contributed by atoms with Crippen LogP contribution in [0, 0.1) is 0 Å². The number of carbonyl (C=O) groups excluding carboxylic acids is 1. The van der Waals surface area contributed by atoms with Crippen LogP contribution >= 0.6 is 0 Å². The molecule has 2 N–H and O–H groups in total. The minimum atomic E-state index is -0.0829. The van der Waals surface area contributed by atoms with E-state index >= 15 is 0 Å². The molecule has 18 heavy (non-hydrogen) atoms. The van der Waals surface area contributed by atoms with Gasteiger partial charge in [0, 0.05) is 12.6 Å². The Labute approximate surface area is 109 Å². The predicted octanol–water partition coefficient (Wildman–Crippen LogP) is 2.01. The molecule has 1 aliphatic rings. The Morgan fingerprint density at radius 2 is 2.00 bits per heavy atom. The highest BCUT2D eigenvalue weighted by molar-refractivity contribution is 5.82. The van der Waals surface area contributed by atoms with Crippen LogP contribution in [0.3, 0.4) is 0 Å². The van der Waals surface area contributed by atoms with E-state index in [9.17, 15) is 4.79 Å². The molecule has 0 radical (unpaired) electrons. The van der Waals surface area contributed by atoms with Crippen LogP contribution in [-0.4, -0.2) is 18.0 Å². The molecular weight excluding hydrogens is 224 g/mol. The smallest absolute Gasteiger partial charge is 0.237 e. The predicted molar refractivity (Wildman–Crippen MR) is 73.3 cm³/mol. The number of benzene rings is 1. The highest BCUT2D eigenvalue weighted by Gasteiger charge is 2.24. The second kappa shape index (κ2) is 6.01. The van der Waals surface area contributed by atoms with Crippen LogP contribution in [-0.2, 0) is 17.8 Å². The van der Waals surface area contributed by atoms with E-state index < -0.39 is 0 Å². The third-order valence-corrected chi connectivity index (χ3v) is 3.73. The Balaban J connectivity index is 1.98. The molecule has 98 valence electrons. The molecule has 0 saturated carbocycles. The quantitative estimate of drug-likeness (QED) is 0.853. The maximum Gasteiger partial charge on any atom is 0.237 e. The highest BCUT2D eigenvalue weighted by atomic mass is 16.2. The van der Waals surface area contributed by atoms with Crippen LogP contribution < -0.4 is 10.6 Å². The summed E-state index contributed by atoms with van der Waals surface area (Å²) in [6.07, 6.45) is 2.78. The molecular formula is C15H22N2O. The van der Waals surface area contributed by atoms with Crippen molar-refractivity contribution in [2.24, 2.45) is 0 Å². The molecule has 0 saturated heterocycles. The van der Waals surface area contributed by atoms with Crippen molar-refractivity contribution in [2.75, 3.05) is 0 Å². The minimum absolute atomic E-state index is 0.0829. The van der Waals surface area contributed by atoms with E-state index in [4.69, 9.17) is 0 Å². The van der Waals surface area contributed by atoms with Crippen LogP contribution in [0.4, 0.5) is 0 Å². The molecule has 0 fully saturated rings. The summed E-state index contributed by atoms with van der Waals surface area (Å²) in [7, 11) is 0. The first kappa shape index (κ1) is 13.1. The van der Waals surface area contributed by atoms with E-state index in [0.29, 0.717) is 6.04 Å². The number of hydrogen-bond donors (Lipinski definition) is 2. The van der Waals surface area contributed by atoms with Gasteiger partial charge in [0.2, 0.25) is 5.91 Å². The van der Waals surface area contributed by atoms with Gasteiger partial charge in [-0.3, -0.25) is 4.79 Å². The van der Waals surface area contributed by atoms with Crippen LogP contribution in [0.1, 0.15) is 37.8 Å². The molecule has 1 heterocycles. The molecule has 1 aromatic rings.